The van der Waals surface area contributed by atoms with E-state index in [1.807, 2.05) is 36.4 Å². The summed E-state index contributed by atoms with van der Waals surface area (Å²) in [6.45, 7) is 4.89. The Morgan fingerprint density at radius 2 is 1.75 bits per heavy atom. The molecular weight excluding hydrogens is 352 g/mol. The van der Waals surface area contributed by atoms with E-state index in [0.717, 1.165) is 30.3 Å². The smallest absolute Gasteiger partial charge is 0.313 e. The number of amides is 2. The van der Waals surface area contributed by atoms with Gasteiger partial charge in [0.1, 0.15) is 0 Å². The Morgan fingerprint density at radius 1 is 1.11 bits per heavy atom. The van der Waals surface area contributed by atoms with Gasteiger partial charge in [0, 0.05) is 50.5 Å². The van der Waals surface area contributed by atoms with Crippen LogP contribution < -0.4 is 10.2 Å². The number of carbonyl (C=O) groups is 2. The predicted octanol–water partition coefficient (Wildman–Crippen LogP) is 2.96. The van der Waals surface area contributed by atoms with Gasteiger partial charge in [-0.15, -0.1) is 0 Å². The van der Waals surface area contributed by atoms with Crippen LogP contribution in [-0.4, -0.2) is 48.4 Å². The van der Waals surface area contributed by atoms with Gasteiger partial charge in [-0.25, -0.2) is 0 Å². The van der Waals surface area contributed by atoms with Crippen molar-refractivity contribution >= 4 is 23.2 Å². The van der Waals surface area contributed by atoms with Crippen molar-refractivity contribution in [1.29, 1.82) is 0 Å². The Bertz CT molecular complexity index is 784. The molecule has 0 radical (unpaired) electrons. The molecule has 1 aromatic carbocycles. The average molecular weight is 380 g/mol. The number of anilines is 2. The Labute approximate surface area is 166 Å². The Balaban J connectivity index is 1.50. The van der Waals surface area contributed by atoms with Crippen molar-refractivity contribution in [2.45, 2.75) is 26.2 Å². The fourth-order valence-corrected chi connectivity index (χ4v) is 3.33. The first-order chi connectivity index (χ1) is 13.5. The number of rotatable bonds is 5. The fourth-order valence-electron chi connectivity index (χ4n) is 3.33. The molecule has 0 bridgehead atoms. The zero-order valence-electron chi connectivity index (χ0n) is 16.6. The highest BCUT2D eigenvalue weighted by Crippen LogP contribution is 2.24. The van der Waals surface area contributed by atoms with E-state index in [9.17, 15) is 9.59 Å². The molecule has 3 rings (SSSR count). The van der Waals surface area contributed by atoms with Gasteiger partial charge in [0.05, 0.1) is 0 Å². The Hall–Kier alpha value is -2.89. The second-order valence-electron chi connectivity index (χ2n) is 7.50. The SMILES string of the molecule is CC1CCN(c2ccc(NC(=O)C(=O)N(C)CCc3ccncc3)cc2)CC1. The maximum absolute atomic E-state index is 12.3. The molecule has 1 aromatic heterocycles. The highest BCUT2D eigenvalue weighted by molar-refractivity contribution is 6.39. The lowest BCUT2D eigenvalue weighted by Crippen LogP contribution is -2.38. The molecule has 1 aliphatic heterocycles. The minimum Gasteiger partial charge on any atom is -0.372 e. The molecular formula is C22H28N4O2. The minimum absolute atomic E-state index is 0.475. The van der Waals surface area contributed by atoms with Crippen molar-refractivity contribution < 1.29 is 9.59 Å². The number of nitrogens with zero attached hydrogens (tertiary/aromatic N) is 3. The molecule has 2 heterocycles. The van der Waals surface area contributed by atoms with E-state index in [1.165, 1.54) is 17.7 Å². The molecule has 148 valence electrons. The number of benzene rings is 1. The van der Waals surface area contributed by atoms with Crippen molar-refractivity contribution in [3.8, 4) is 0 Å². The number of piperidine rings is 1. The summed E-state index contributed by atoms with van der Waals surface area (Å²) in [5, 5.41) is 2.70. The second-order valence-corrected chi connectivity index (χ2v) is 7.50. The van der Waals surface area contributed by atoms with Crippen molar-refractivity contribution in [3.05, 3.63) is 54.4 Å². The quantitative estimate of drug-likeness (QED) is 0.810. The van der Waals surface area contributed by atoms with E-state index in [0.29, 0.717) is 18.7 Å². The van der Waals surface area contributed by atoms with Crippen LogP contribution in [0.1, 0.15) is 25.3 Å². The Kier molecular flexibility index (Phi) is 6.63. The molecule has 0 atom stereocenters. The van der Waals surface area contributed by atoms with Crippen LogP contribution in [0.4, 0.5) is 11.4 Å². The van der Waals surface area contributed by atoms with Crippen LogP contribution in [0.2, 0.25) is 0 Å². The number of hydrogen-bond acceptors (Lipinski definition) is 4. The third kappa shape index (κ3) is 5.31. The standard InChI is InChI=1S/C22H28N4O2/c1-17-9-15-26(16-10-17)20-5-3-19(4-6-20)24-21(27)22(28)25(2)14-11-18-7-12-23-13-8-18/h3-8,12-13,17H,9-11,14-16H2,1-2H3,(H,24,27). The maximum Gasteiger partial charge on any atom is 0.313 e. The van der Waals surface area contributed by atoms with Gasteiger partial charge in [0.25, 0.3) is 0 Å². The number of aromatic nitrogens is 1. The molecule has 2 aromatic rings. The normalized spacial score (nSPS) is 14.6. The van der Waals surface area contributed by atoms with Crippen molar-refractivity contribution in [2.24, 2.45) is 5.92 Å². The molecule has 0 aliphatic carbocycles. The molecule has 1 saturated heterocycles. The summed E-state index contributed by atoms with van der Waals surface area (Å²) in [7, 11) is 1.64. The largest absolute Gasteiger partial charge is 0.372 e. The first kappa shape index (κ1) is 19.9. The first-order valence-corrected chi connectivity index (χ1v) is 9.83. The van der Waals surface area contributed by atoms with Crippen LogP contribution in [0.15, 0.2) is 48.8 Å². The summed E-state index contributed by atoms with van der Waals surface area (Å²) in [6, 6.07) is 11.5. The minimum atomic E-state index is -0.614. The molecule has 0 spiro atoms. The van der Waals surface area contributed by atoms with Gasteiger partial charge in [-0.1, -0.05) is 6.92 Å². The lowest BCUT2D eigenvalue weighted by atomic mass is 9.99. The Morgan fingerprint density at radius 3 is 2.39 bits per heavy atom. The van der Waals surface area contributed by atoms with Gasteiger partial charge in [0.2, 0.25) is 0 Å². The summed E-state index contributed by atoms with van der Waals surface area (Å²) >= 11 is 0. The second kappa shape index (κ2) is 9.35. The number of nitrogens with one attached hydrogen (secondary N) is 1. The summed E-state index contributed by atoms with van der Waals surface area (Å²) in [5.74, 6) is -0.365. The van der Waals surface area contributed by atoms with Crippen LogP contribution in [0.25, 0.3) is 0 Å². The first-order valence-electron chi connectivity index (χ1n) is 9.83. The summed E-state index contributed by atoms with van der Waals surface area (Å²) < 4.78 is 0. The monoisotopic (exact) mass is 380 g/mol. The molecule has 6 nitrogen and oxygen atoms in total. The van der Waals surface area contributed by atoms with E-state index in [-0.39, 0.29) is 0 Å². The van der Waals surface area contributed by atoms with E-state index in [1.54, 1.807) is 19.4 Å². The molecule has 2 amide bonds. The summed E-state index contributed by atoms with van der Waals surface area (Å²) in [4.78, 5) is 32.4. The van der Waals surface area contributed by atoms with Gasteiger partial charge in [-0.05, 0) is 67.1 Å². The van der Waals surface area contributed by atoms with E-state index in [4.69, 9.17) is 0 Å². The van der Waals surface area contributed by atoms with E-state index >= 15 is 0 Å². The summed E-state index contributed by atoms with van der Waals surface area (Å²) in [6.07, 6.45) is 6.54. The molecule has 1 fully saturated rings. The topological polar surface area (TPSA) is 65.5 Å². The van der Waals surface area contributed by atoms with Crippen molar-refractivity contribution in [2.75, 3.05) is 36.9 Å². The zero-order chi connectivity index (χ0) is 19.9. The van der Waals surface area contributed by atoms with Gasteiger partial charge in [0.15, 0.2) is 0 Å². The van der Waals surface area contributed by atoms with Gasteiger partial charge < -0.3 is 15.1 Å². The number of carbonyl (C=O) groups excluding carboxylic acids is 2. The van der Waals surface area contributed by atoms with Crippen LogP contribution in [-0.2, 0) is 16.0 Å². The van der Waals surface area contributed by atoms with Gasteiger partial charge in [-0.3, -0.25) is 14.6 Å². The predicted molar refractivity (Wildman–Crippen MR) is 111 cm³/mol. The maximum atomic E-state index is 12.3. The molecule has 28 heavy (non-hydrogen) atoms. The number of hydrogen-bond donors (Lipinski definition) is 1. The van der Waals surface area contributed by atoms with E-state index < -0.39 is 11.8 Å². The van der Waals surface area contributed by atoms with Crippen LogP contribution in [0, 0.1) is 5.92 Å². The lowest BCUT2D eigenvalue weighted by molar-refractivity contribution is -0.142. The lowest BCUT2D eigenvalue weighted by Gasteiger charge is -2.32. The molecule has 1 aliphatic rings. The van der Waals surface area contributed by atoms with Crippen molar-refractivity contribution in [3.63, 3.8) is 0 Å². The third-order valence-corrected chi connectivity index (χ3v) is 5.30. The zero-order valence-corrected chi connectivity index (χ0v) is 16.6. The van der Waals surface area contributed by atoms with Gasteiger partial charge in [-0.2, -0.15) is 0 Å². The van der Waals surface area contributed by atoms with Crippen LogP contribution in [0.5, 0.6) is 0 Å². The number of likely N-dealkylation sites (N-methyl/N-ethyl adjacent to an activating group) is 1. The van der Waals surface area contributed by atoms with Crippen LogP contribution in [0.3, 0.4) is 0 Å². The highest BCUT2D eigenvalue weighted by atomic mass is 16.2. The molecule has 0 saturated carbocycles. The number of pyridine rings is 1. The fraction of sp³-hybridized carbons (Fsp3) is 0.409. The third-order valence-electron chi connectivity index (χ3n) is 5.30. The molecule has 1 N–H and O–H groups in total. The van der Waals surface area contributed by atoms with Crippen LogP contribution >= 0.6 is 0 Å². The summed E-state index contributed by atoms with van der Waals surface area (Å²) in [5.41, 5.74) is 2.87. The highest BCUT2D eigenvalue weighted by Gasteiger charge is 2.19. The molecule has 0 unspecified atom stereocenters. The van der Waals surface area contributed by atoms with Gasteiger partial charge >= 0.3 is 11.8 Å². The molecule has 6 heteroatoms. The average Bonchev–Trinajstić information content (AvgIpc) is 2.73. The van der Waals surface area contributed by atoms with Crippen molar-refractivity contribution in [1.82, 2.24) is 9.88 Å². The van der Waals surface area contributed by atoms with E-state index in [2.05, 4.69) is 22.1 Å².